The highest BCUT2D eigenvalue weighted by molar-refractivity contribution is 5.89. The number of nitrogens with two attached hydrogens (primary N) is 1. The fraction of sp³-hybridized carbons (Fsp3) is 0.133. The van der Waals surface area contributed by atoms with Crippen LogP contribution in [0.5, 0.6) is 0 Å². The number of pyridine rings is 1. The zero-order valence-electron chi connectivity index (χ0n) is 11.0. The van der Waals surface area contributed by atoms with Crippen molar-refractivity contribution >= 4 is 22.7 Å². The van der Waals surface area contributed by atoms with E-state index in [-0.39, 0.29) is 5.95 Å². The van der Waals surface area contributed by atoms with Crippen LogP contribution in [0.25, 0.3) is 10.9 Å². The highest BCUT2D eigenvalue weighted by Crippen LogP contribution is 2.20. The van der Waals surface area contributed by atoms with Gasteiger partial charge in [0.25, 0.3) is 0 Å². The van der Waals surface area contributed by atoms with Gasteiger partial charge in [0, 0.05) is 30.2 Å². The third-order valence-electron chi connectivity index (χ3n) is 3.02. The molecule has 3 N–H and O–H groups in total. The second-order valence-electron chi connectivity index (χ2n) is 4.45. The van der Waals surface area contributed by atoms with E-state index in [4.69, 9.17) is 5.73 Å². The molecule has 0 radical (unpaired) electrons. The summed E-state index contributed by atoms with van der Waals surface area (Å²) in [7, 11) is 0. The molecule has 1 aromatic carbocycles. The lowest BCUT2D eigenvalue weighted by atomic mass is 10.2. The van der Waals surface area contributed by atoms with Gasteiger partial charge < -0.3 is 11.1 Å². The van der Waals surface area contributed by atoms with Crippen LogP contribution >= 0.6 is 0 Å². The first-order valence-electron chi connectivity index (χ1n) is 6.49. The highest BCUT2D eigenvalue weighted by Gasteiger charge is 2.05. The van der Waals surface area contributed by atoms with Crippen LogP contribution in [0.1, 0.15) is 5.69 Å². The van der Waals surface area contributed by atoms with E-state index in [0.29, 0.717) is 0 Å². The minimum atomic E-state index is 0.282. The van der Waals surface area contributed by atoms with E-state index in [1.807, 2.05) is 42.5 Å². The Morgan fingerprint density at radius 1 is 1.00 bits per heavy atom. The van der Waals surface area contributed by atoms with Gasteiger partial charge in [-0.3, -0.25) is 4.98 Å². The van der Waals surface area contributed by atoms with Crippen molar-refractivity contribution in [1.29, 1.82) is 0 Å². The molecule has 0 aliphatic carbocycles. The second-order valence-corrected chi connectivity index (χ2v) is 4.45. The van der Waals surface area contributed by atoms with Gasteiger partial charge in [0.05, 0.1) is 5.52 Å². The van der Waals surface area contributed by atoms with Crippen molar-refractivity contribution in [1.82, 2.24) is 15.0 Å². The van der Waals surface area contributed by atoms with Crippen molar-refractivity contribution in [3.63, 3.8) is 0 Å². The summed E-state index contributed by atoms with van der Waals surface area (Å²) in [5.74, 6) is 1.05. The van der Waals surface area contributed by atoms with E-state index in [1.54, 1.807) is 6.20 Å². The van der Waals surface area contributed by atoms with Gasteiger partial charge in [0.2, 0.25) is 5.95 Å². The standard InChI is InChI=1S/C15H15N5/c16-15-19-13-7-2-1-6-12(13)14(20-15)18-10-8-11-5-3-4-9-17-11/h1-7,9H,8,10H2,(H3,16,18,19,20). The summed E-state index contributed by atoms with van der Waals surface area (Å²) in [5.41, 5.74) is 7.63. The molecule has 0 bridgehead atoms. The van der Waals surface area contributed by atoms with Crippen LogP contribution in [-0.2, 0) is 6.42 Å². The fourth-order valence-electron chi connectivity index (χ4n) is 2.08. The van der Waals surface area contributed by atoms with Crippen molar-refractivity contribution < 1.29 is 0 Å². The summed E-state index contributed by atoms with van der Waals surface area (Å²) in [6, 6.07) is 13.7. The highest BCUT2D eigenvalue weighted by atomic mass is 15.1. The molecule has 5 heteroatoms. The number of hydrogen-bond acceptors (Lipinski definition) is 5. The maximum atomic E-state index is 5.73. The summed E-state index contributed by atoms with van der Waals surface area (Å²) < 4.78 is 0. The van der Waals surface area contributed by atoms with Gasteiger partial charge in [-0.2, -0.15) is 4.98 Å². The van der Waals surface area contributed by atoms with Crippen molar-refractivity contribution in [2.45, 2.75) is 6.42 Å². The number of hydrogen-bond donors (Lipinski definition) is 2. The molecule has 3 rings (SSSR count). The molecule has 0 fully saturated rings. The predicted molar refractivity (Wildman–Crippen MR) is 80.4 cm³/mol. The third kappa shape index (κ3) is 2.66. The summed E-state index contributed by atoms with van der Waals surface area (Å²) in [4.78, 5) is 12.8. The SMILES string of the molecule is Nc1nc(NCCc2ccccn2)c2ccccc2n1. The molecule has 100 valence electrons. The molecule has 2 heterocycles. The first kappa shape index (κ1) is 12.3. The van der Waals surface area contributed by atoms with Gasteiger partial charge in [-0.05, 0) is 24.3 Å². The van der Waals surface area contributed by atoms with Crippen LogP contribution in [0, 0.1) is 0 Å². The van der Waals surface area contributed by atoms with Crippen molar-refractivity contribution in [3.8, 4) is 0 Å². The number of nitrogen functional groups attached to an aromatic ring is 1. The van der Waals surface area contributed by atoms with Gasteiger partial charge in [-0.25, -0.2) is 4.98 Å². The molecule has 0 atom stereocenters. The number of aromatic nitrogens is 3. The molecule has 0 amide bonds. The molecule has 0 saturated carbocycles. The lowest BCUT2D eigenvalue weighted by Gasteiger charge is -2.09. The Morgan fingerprint density at radius 2 is 1.85 bits per heavy atom. The Bertz CT molecular complexity index is 712. The summed E-state index contributed by atoms with van der Waals surface area (Å²) >= 11 is 0. The molecular weight excluding hydrogens is 250 g/mol. The Labute approximate surface area is 116 Å². The zero-order valence-corrected chi connectivity index (χ0v) is 11.0. The van der Waals surface area contributed by atoms with Gasteiger partial charge in [-0.1, -0.05) is 18.2 Å². The molecule has 0 aliphatic rings. The largest absolute Gasteiger partial charge is 0.369 e. The second kappa shape index (κ2) is 5.52. The molecular formula is C15H15N5. The van der Waals surface area contributed by atoms with Crippen LogP contribution in [-0.4, -0.2) is 21.5 Å². The zero-order chi connectivity index (χ0) is 13.8. The van der Waals surface area contributed by atoms with E-state index in [2.05, 4.69) is 20.3 Å². The molecule has 5 nitrogen and oxygen atoms in total. The van der Waals surface area contributed by atoms with E-state index in [0.717, 1.165) is 35.4 Å². The molecule has 0 saturated heterocycles. The average Bonchev–Trinajstić information content (AvgIpc) is 2.48. The minimum absolute atomic E-state index is 0.282. The molecule has 2 aromatic heterocycles. The van der Waals surface area contributed by atoms with E-state index >= 15 is 0 Å². The van der Waals surface area contributed by atoms with Crippen molar-refractivity contribution in [2.24, 2.45) is 0 Å². The summed E-state index contributed by atoms with van der Waals surface area (Å²) in [6.45, 7) is 0.747. The van der Waals surface area contributed by atoms with Crippen molar-refractivity contribution in [3.05, 3.63) is 54.4 Å². The maximum Gasteiger partial charge on any atom is 0.222 e. The maximum absolute atomic E-state index is 5.73. The molecule has 0 aliphatic heterocycles. The summed E-state index contributed by atoms with van der Waals surface area (Å²) in [5, 5.41) is 4.28. The van der Waals surface area contributed by atoms with Crippen molar-refractivity contribution in [2.75, 3.05) is 17.6 Å². The number of nitrogens with zero attached hydrogens (tertiary/aromatic N) is 3. The number of anilines is 2. The molecule has 3 aromatic rings. The van der Waals surface area contributed by atoms with Gasteiger partial charge in [-0.15, -0.1) is 0 Å². The minimum Gasteiger partial charge on any atom is -0.369 e. The molecule has 0 unspecified atom stereocenters. The van der Waals surface area contributed by atoms with Gasteiger partial charge in [0.1, 0.15) is 5.82 Å². The monoisotopic (exact) mass is 265 g/mol. The van der Waals surface area contributed by atoms with E-state index in [9.17, 15) is 0 Å². The normalized spacial score (nSPS) is 10.6. The van der Waals surface area contributed by atoms with Crippen LogP contribution in [0.3, 0.4) is 0 Å². The Kier molecular flexibility index (Phi) is 3.41. The Balaban J connectivity index is 1.77. The Hall–Kier alpha value is -2.69. The smallest absolute Gasteiger partial charge is 0.222 e. The number of rotatable bonds is 4. The average molecular weight is 265 g/mol. The Morgan fingerprint density at radius 3 is 2.70 bits per heavy atom. The van der Waals surface area contributed by atoms with Gasteiger partial charge in [0.15, 0.2) is 0 Å². The first-order chi connectivity index (χ1) is 9.83. The van der Waals surface area contributed by atoms with Crippen LogP contribution in [0.2, 0.25) is 0 Å². The fourth-order valence-corrected chi connectivity index (χ4v) is 2.08. The number of para-hydroxylation sites is 1. The van der Waals surface area contributed by atoms with Crippen LogP contribution in [0.15, 0.2) is 48.7 Å². The molecule has 20 heavy (non-hydrogen) atoms. The third-order valence-corrected chi connectivity index (χ3v) is 3.02. The number of benzene rings is 1. The topological polar surface area (TPSA) is 76.7 Å². The molecule has 0 spiro atoms. The lowest BCUT2D eigenvalue weighted by molar-refractivity contribution is 0.955. The van der Waals surface area contributed by atoms with Crippen LogP contribution in [0.4, 0.5) is 11.8 Å². The number of fused-ring (bicyclic) bond motifs is 1. The van der Waals surface area contributed by atoms with Crippen LogP contribution < -0.4 is 11.1 Å². The number of nitrogens with one attached hydrogen (secondary N) is 1. The quantitative estimate of drug-likeness (QED) is 0.756. The van der Waals surface area contributed by atoms with E-state index < -0.39 is 0 Å². The van der Waals surface area contributed by atoms with E-state index in [1.165, 1.54) is 0 Å². The predicted octanol–water partition coefficient (Wildman–Crippen LogP) is 2.26. The van der Waals surface area contributed by atoms with Gasteiger partial charge >= 0.3 is 0 Å². The lowest BCUT2D eigenvalue weighted by Crippen LogP contribution is -2.09. The first-order valence-corrected chi connectivity index (χ1v) is 6.49. The summed E-state index contributed by atoms with van der Waals surface area (Å²) in [6.07, 6.45) is 2.63.